The van der Waals surface area contributed by atoms with E-state index >= 15 is 0 Å². The molecule has 0 saturated carbocycles. The van der Waals surface area contributed by atoms with Crippen LogP contribution in [0.25, 0.3) is 0 Å². The predicted octanol–water partition coefficient (Wildman–Crippen LogP) is 4.01. The first-order chi connectivity index (χ1) is 9.69. The summed E-state index contributed by atoms with van der Waals surface area (Å²) >= 11 is 0. The lowest BCUT2D eigenvalue weighted by atomic mass is 10.0. The van der Waals surface area contributed by atoms with Crippen molar-refractivity contribution in [2.45, 2.75) is 45.1 Å². The molecule has 1 heterocycles. The number of nitrogens with zero attached hydrogens (tertiary/aromatic N) is 1. The van der Waals surface area contributed by atoms with Gasteiger partial charge in [0, 0.05) is 13.1 Å². The lowest BCUT2D eigenvalue weighted by Gasteiger charge is -2.32. The van der Waals surface area contributed by atoms with Gasteiger partial charge < -0.3 is 4.74 Å². The van der Waals surface area contributed by atoms with Crippen molar-refractivity contribution < 1.29 is 9.13 Å². The van der Waals surface area contributed by atoms with Gasteiger partial charge in [-0.25, -0.2) is 0 Å². The maximum atomic E-state index is 12.2. The molecular formula is C17H26FNO. The van der Waals surface area contributed by atoms with E-state index in [1.807, 2.05) is 0 Å². The summed E-state index contributed by atoms with van der Waals surface area (Å²) in [7, 11) is 0. The molecule has 1 aromatic carbocycles. The van der Waals surface area contributed by atoms with Crippen LogP contribution in [0.15, 0.2) is 24.3 Å². The largest absolute Gasteiger partial charge is 0.489 e. The van der Waals surface area contributed by atoms with Crippen LogP contribution >= 0.6 is 0 Å². The van der Waals surface area contributed by atoms with Crippen LogP contribution < -0.4 is 4.74 Å². The van der Waals surface area contributed by atoms with Crippen LogP contribution in [0.2, 0.25) is 0 Å². The third-order valence-electron chi connectivity index (χ3n) is 3.92. The van der Waals surface area contributed by atoms with Gasteiger partial charge in [0.1, 0.15) is 11.9 Å². The van der Waals surface area contributed by atoms with Gasteiger partial charge in [0.15, 0.2) is 0 Å². The normalized spacial score (nSPS) is 20.3. The average Bonchev–Trinajstić information content (AvgIpc) is 2.46. The Kier molecular flexibility index (Phi) is 5.84. The first kappa shape index (κ1) is 15.3. The standard InChI is InChI=1S/C17H26FNO/c1-14(2)15-6-8-16(9-7-15)20-17-5-3-11-19(13-17)12-4-10-18/h6-9,14,17H,3-5,10-13H2,1-2H3. The molecule has 0 amide bonds. The van der Waals surface area contributed by atoms with E-state index in [9.17, 15) is 4.39 Å². The zero-order valence-corrected chi connectivity index (χ0v) is 12.6. The molecule has 1 aliphatic heterocycles. The first-order valence-electron chi connectivity index (χ1n) is 7.74. The zero-order chi connectivity index (χ0) is 14.4. The van der Waals surface area contributed by atoms with Crippen LogP contribution in [0.3, 0.4) is 0 Å². The summed E-state index contributed by atoms with van der Waals surface area (Å²) in [6, 6.07) is 8.42. The van der Waals surface area contributed by atoms with Crippen molar-refractivity contribution in [1.29, 1.82) is 0 Å². The van der Waals surface area contributed by atoms with Crippen molar-refractivity contribution in [3.63, 3.8) is 0 Å². The second-order valence-electron chi connectivity index (χ2n) is 5.95. The van der Waals surface area contributed by atoms with E-state index in [1.54, 1.807) is 0 Å². The van der Waals surface area contributed by atoms with E-state index in [0.29, 0.717) is 12.3 Å². The Hall–Kier alpha value is -1.09. The molecule has 0 radical (unpaired) electrons. The molecule has 1 fully saturated rings. The fraction of sp³-hybridized carbons (Fsp3) is 0.647. The molecule has 20 heavy (non-hydrogen) atoms. The highest BCUT2D eigenvalue weighted by atomic mass is 19.1. The number of hydrogen-bond donors (Lipinski definition) is 0. The number of likely N-dealkylation sites (tertiary alicyclic amines) is 1. The number of ether oxygens (including phenoxy) is 1. The summed E-state index contributed by atoms with van der Waals surface area (Å²) in [4.78, 5) is 2.32. The van der Waals surface area contributed by atoms with Crippen molar-refractivity contribution in [3.05, 3.63) is 29.8 Å². The summed E-state index contributed by atoms with van der Waals surface area (Å²) in [6.07, 6.45) is 3.11. The molecule has 3 heteroatoms. The molecule has 0 aromatic heterocycles. The van der Waals surface area contributed by atoms with Gasteiger partial charge in [0.25, 0.3) is 0 Å². The number of alkyl halides is 1. The summed E-state index contributed by atoms with van der Waals surface area (Å²) in [5.74, 6) is 1.50. The van der Waals surface area contributed by atoms with Gasteiger partial charge >= 0.3 is 0 Å². The molecule has 0 aliphatic carbocycles. The highest BCUT2D eigenvalue weighted by Gasteiger charge is 2.20. The van der Waals surface area contributed by atoms with Crippen LogP contribution in [0, 0.1) is 0 Å². The molecule has 1 saturated heterocycles. The molecule has 0 N–H and O–H groups in total. The van der Waals surface area contributed by atoms with Crippen LogP contribution in [-0.2, 0) is 0 Å². The highest BCUT2D eigenvalue weighted by Crippen LogP contribution is 2.22. The quantitative estimate of drug-likeness (QED) is 0.780. The molecule has 1 aliphatic rings. The monoisotopic (exact) mass is 279 g/mol. The van der Waals surface area contributed by atoms with Gasteiger partial charge in [-0.15, -0.1) is 0 Å². The topological polar surface area (TPSA) is 12.5 Å². The smallest absolute Gasteiger partial charge is 0.119 e. The second-order valence-corrected chi connectivity index (χ2v) is 5.95. The van der Waals surface area contributed by atoms with Gasteiger partial charge in [-0.1, -0.05) is 26.0 Å². The summed E-state index contributed by atoms with van der Waals surface area (Å²) in [6.45, 7) is 7.01. The number of hydrogen-bond acceptors (Lipinski definition) is 2. The lowest BCUT2D eigenvalue weighted by molar-refractivity contribution is 0.0866. The Balaban J connectivity index is 1.85. The number of rotatable bonds is 6. The highest BCUT2D eigenvalue weighted by molar-refractivity contribution is 5.29. The van der Waals surface area contributed by atoms with E-state index in [-0.39, 0.29) is 12.8 Å². The van der Waals surface area contributed by atoms with E-state index in [1.165, 1.54) is 5.56 Å². The number of benzene rings is 1. The van der Waals surface area contributed by atoms with Crippen LogP contribution in [0.5, 0.6) is 5.75 Å². The molecular weight excluding hydrogens is 253 g/mol. The molecule has 0 spiro atoms. The molecule has 1 atom stereocenters. The average molecular weight is 279 g/mol. The van der Waals surface area contributed by atoms with Crippen LogP contribution in [0.1, 0.15) is 44.6 Å². The van der Waals surface area contributed by atoms with Crippen molar-refractivity contribution in [2.24, 2.45) is 0 Å². The predicted molar refractivity (Wildman–Crippen MR) is 81.2 cm³/mol. The maximum Gasteiger partial charge on any atom is 0.119 e. The fourth-order valence-electron chi connectivity index (χ4n) is 2.72. The minimum absolute atomic E-state index is 0.224. The van der Waals surface area contributed by atoms with Gasteiger partial charge in [-0.3, -0.25) is 9.29 Å². The van der Waals surface area contributed by atoms with E-state index < -0.39 is 0 Å². The van der Waals surface area contributed by atoms with Gasteiger partial charge in [0.2, 0.25) is 0 Å². The molecule has 1 unspecified atom stereocenters. The van der Waals surface area contributed by atoms with Gasteiger partial charge in [-0.2, -0.15) is 0 Å². The third kappa shape index (κ3) is 4.48. The fourth-order valence-corrected chi connectivity index (χ4v) is 2.72. The molecule has 0 bridgehead atoms. The van der Waals surface area contributed by atoms with Gasteiger partial charge in [0.05, 0.1) is 6.67 Å². The van der Waals surface area contributed by atoms with Crippen molar-refractivity contribution in [2.75, 3.05) is 26.3 Å². The molecule has 2 rings (SSSR count). The Labute approximate surface area is 121 Å². The molecule has 1 aromatic rings. The second kappa shape index (κ2) is 7.63. The van der Waals surface area contributed by atoms with E-state index in [2.05, 4.69) is 43.0 Å². The first-order valence-corrected chi connectivity index (χ1v) is 7.74. The summed E-state index contributed by atoms with van der Waals surface area (Å²) < 4.78 is 18.3. The summed E-state index contributed by atoms with van der Waals surface area (Å²) in [5, 5.41) is 0. The van der Waals surface area contributed by atoms with Crippen molar-refractivity contribution >= 4 is 0 Å². The minimum atomic E-state index is -0.224. The zero-order valence-electron chi connectivity index (χ0n) is 12.6. The Morgan fingerprint density at radius 2 is 2.05 bits per heavy atom. The number of piperidine rings is 1. The third-order valence-corrected chi connectivity index (χ3v) is 3.92. The number of halogens is 1. The SMILES string of the molecule is CC(C)c1ccc(OC2CCCN(CCCF)C2)cc1. The summed E-state index contributed by atoms with van der Waals surface area (Å²) in [5.41, 5.74) is 1.34. The molecule has 2 nitrogen and oxygen atoms in total. The Morgan fingerprint density at radius 1 is 1.30 bits per heavy atom. The van der Waals surface area contributed by atoms with Crippen LogP contribution in [-0.4, -0.2) is 37.3 Å². The van der Waals surface area contributed by atoms with Crippen molar-refractivity contribution in [1.82, 2.24) is 4.90 Å². The van der Waals surface area contributed by atoms with Crippen molar-refractivity contribution in [3.8, 4) is 5.75 Å². The van der Waals surface area contributed by atoms with E-state index in [0.717, 1.165) is 38.2 Å². The van der Waals surface area contributed by atoms with Crippen LogP contribution in [0.4, 0.5) is 4.39 Å². The molecule has 112 valence electrons. The van der Waals surface area contributed by atoms with E-state index in [4.69, 9.17) is 4.74 Å². The Bertz CT molecular complexity index is 390. The Morgan fingerprint density at radius 3 is 2.70 bits per heavy atom. The minimum Gasteiger partial charge on any atom is -0.489 e. The lowest BCUT2D eigenvalue weighted by Crippen LogP contribution is -2.41. The van der Waals surface area contributed by atoms with Gasteiger partial charge in [-0.05, 0) is 49.4 Å². The maximum absolute atomic E-state index is 12.2.